The van der Waals surface area contributed by atoms with Crippen molar-refractivity contribution < 1.29 is 14.2 Å². The molecule has 1 heterocycles. The van der Waals surface area contributed by atoms with Gasteiger partial charge in [0.1, 0.15) is 6.10 Å². The number of morpholine rings is 1. The molecule has 1 atom stereocenters. The number of nitrogens with one attached hydrogen (secondary N) is 1. The Kier molecular flexibility index (Phi) is 6.37. The van der Waals surface area contributed by atoms with Gasteiger partial charge in [0.2, 0.25) is 0 Å². The van der Waals surface area contributed by atoms with Crippen LogP contribution in [0.4, 0.5) is 0 Å². The minimum absolute atomic E-state index is 0.0119. The number of nitrogens with zero attached hydrogens (tertiary/aromatic N) is 1. The second-order valence-electron chi connectivity index (χ2n) is 6.58. The largest absolute Gasteiger partial charge is 0.493 e. The van der Waals surface area contributed by atoms with Crippen molar-refractivity contribution in [2.45, 2.75) is 44.8 Å². The summed E-state index contributed by atoms with van der Waals surface area (Å²) in [4.78, 5) is 2.18. The molecule has 0 amide bonds. The number of thiocarbonyl (C=S) groups is 1. The summed E-state index contributed by atoms with van der Waals surface area (Å²) in [6, 6.07) is 6.11. The quantitative estimate of drug-likeness (QED) is 0.809. The summed E-state index contributed by atoms with van der Waals surface area (Å²) in [5.74, 6) is 1.60. The van der Waals surface area contributed by atoms with E-state index in [1.54, 1.807) is 7.11 Å². The smallest absolute Gasteiger partial charge is 0.169 e. The minimum atomic E-state index is -0.0119. The van der Waals surface area contributed by atoms with Crippen molar-refractivity contribution in [3.63, 3.8) is 0 Å². The fourth-order valence-electron chi connectivity index (χ4n) is 3.47. The average Bonchev–Trinajstić information content (AvgIpc) is 3.15. The first-order valence-electron chi connectivity index (χ1n) is 9.20. The molecule has 1 unspecified atom stereocenters. The fraction of sp³-hybridized carbons (Fsp3) is 0.632. The van der Waals surface area contributed by atoms with Gasteiger partial charge in [-0.05, 0) is 62.5 Å². The van der Waals surface area contributed by atoms with Crippen molar-refractivity contribution >= 4 is 17.3 Å². The van der Waals surface area contributed by atoms with E-state index < -0.39 is 0 Å². The molecule has 1 N–H and O–H groups in total. The van der Waals surface area contributed by atoms with Crippen LogP contribution in [0.2, 0.25) is 0 Å². The van der Waals surface area contributed by atoms with E-state index in [1.165, 1.54) is 12.8 Å². The zero-order chi connectivity index (χ0) is 17.6. The third kappa shape index (κ3) is 4.55. The van der Waals surface area contributed by atoms with Gasteiger partial charge in [0.25, 0.3) is 0 Å². The van der Waals surface area contributed by atoms with Crippen LogP contribution in [0.25, 0.3) is 0 Å². The molecule has 1 aromatic carbocycles. The molecule has 25 heavy (non-hydrogen) atoms. The Morgan fingerprint density at radius 3 is 2.84 bits per heavy atom. The summed E-state index contributed by atoms with van der Waals surface area (Å²) >= 11 is 5.45. The van der Waals surface area contributed by atoms with Gasteiger partial charge < -0.3 is 24.4 Å². The van der Waals surface area contributed by atoms with Crippen LogP contribution in [0.15, 0.2) is 18.2 Å². The van der Waals surface area contributed by atoms with Gasteiger partial charge in [-0.15, -0.1) is 0 Å². The SMILES string of the molecule is CCNC(=S)N1CCOC(c2ccc(OC)c(OC3CCCC3)c2)C1. The second-order valence-corrected chi connectivity index (χ2v) is 6.96. The molecule has 1 aliphatic heterocycles. The van der Waals surface area contributed by atoms with Crippen molar-refractivity contribution in [2.24, 2.45) is 0 Å². The predicted octanol–water partition coefficient (Wildman–Crippen LogP) is 3.28. The highest BCUT2D eigenvalue weighted by molar-refractivity contribution is 7.80. The van der Waals surface area contributed by atoms with Crippen LogP contribution in [0.5, 0.6) is 11.5 Å². The summed E-state index contributed by atoms with van der Waals surface area (Å²) in [5.41, 5.74) is 1.11. The zero-order valence-corrected chi connectivity index (χ0v) is 15.9. The number of ether oxygens (including phenoxy) is 3. The van der Waals surface area contributed by atoms with Gasteiger partial charge in [0, 0.05) is 13.1 Å². The molecule has 1 saturated heterocycles. The molecule has 0 bridgehead atoms. The van der Waals surface area contributed by atoms with Gasteiger partial charge >= 0.3 is 0 Å². The maximum atomic E-state index is 6.21. The van der Waals surface area contributed by atoms with E-state index in [9.17, 15) is 0 Å². The van der Waals surface area contributed by atoms with Crippen LogP contribution < -0.4 is 14.8 Å². The monoisotopic (exact) mass is 364 g/mol. The summed E-state index contributed by atoms with van der Waals surface area (Å²) in [7, 11) is 1.68. The van der Waals surface area contributed by atoms with Crippen molar-refractivity contribution in [2.75, 3.05) is 33.4 Å². The van der Waals surface area contributed by atoms with Crippen LogP contribution in [-0.4, -0.2) is 49.5 Å². The molecule has 1 aliphatic carbocycles. The molecule has 3 rings (SSSR count). The second kappa shape index (κ2) is 8.72. The Labute approximate surface area is 155 Å². The molecule has 1 saturated carbocycles. The topological polar surface area (TPSA) is 43.0 Å². The standard InChI is InChI=1S/C19H28N2O3S/c1-3-20-19(25)21-10-11-23-18(13-21)14-8-9-16(22-2)17(12-14)24-15-6-4-5-7-15/h8-9,12,15,18H,3-7,10-11,13H2,1-2H3,(H,20,25). The highest BCUT2D eigenvalue weighted by Crippen LogP contribution is 2.35. The zero-order valence-electron chi connectivity index (χ0n) is 15.1. The Balaban J connectivity index is 1.73. The molecular weight excluding hydrogens is 336 g/mol. The Morgan fingerprint density at radius 1 is 1.32 bits per heavy atom. The lowest BCUT2D eigenvalue weighted by Crippen LogP contribution is -2.46. The van der Waals surface area contributed by atoms with Crippen LogP contribution in [0.1, 0.15) is 44.3 Å². The fourth-order valence-corrected chi connectivity index (χ4v) is 3.78. The lowest BCUT2D eigenvalue weighted by Gasteiger charge is -2.35. The molecule has 138 valence electrons. The summed E-state index contributed by atoms with van der Waals surface area (Å²) in [5, 5.41) is 4.02. The van der Waals surface area contributed by atoms with Crippen LogP contribution in [-0.2, 0) is 4.74 Å². The van der Waals surface area contributed by atoms with Gasteiger partial charge in [-0.25, -0.2) is 0 Å². The van der Waals surface area contributed by atoms with Crippen LogP contribution in [0, 0.1) is 0 Å². The Bertz CT molecular complexity index is 590. The molecule has 2 aliphatic rings. The third-order valence-corrected chi connectivity index (χ3v) is 5.24. The van der Waals surface area contributed by atoms with Gasteiger partial charge in [0.15, 0.2) is 16.6 Å². The van der Waals surface area contributed by atoms with Gasteiger partial charge in [0.05, 0.1) is 26.4 Å². The number of hydrogen-bond acceptors (Lipinski definition) is 4. The predicted molar refractivity (Wildman–Crippen MR) is 102 cm³/mol. The van der Waals surface area contributed by atoms with E-state index in [0.29, 0.717) is 12.7 Å². The third-order valence-electron chi connectivity index (χ3n) is 4.84. The number of rotatable bonds is 5. The number of hydrogen-bond donors (Lipinski definition) is 1. The molecule has 0 radical (unpaired) electrons. The lowest BCUT2D eigenvalue weighted by atomic mass is 10.1. The van der Waals surface area contributed by atoms with Gasteiger partial charge in [-0.1, -0.05) is 6.07 Å². The maximum Gasteiger partial charge on any atom is 0.169 e. The molecule has 6 heteroatoms. The van der Waals surface area contributed by atoms with Crippen molar-refractivity contribution in [3.05, 3.63) is 23.8 Å². The first-order chi connectivity index (χ1) is 12.2. The van der Waals surface area contributed by atoms with Crippen LogP contribution >= 0.6 is 12.2 Å². The molecule has 2 fully saturated rings. The van der Waals surface area contributed by atoms with E-state index in [0.717, 1.165) is 54.7 Å². The highest BCUT2D eigenvalue weighted by atomic mass is 32.1. The molecule has 0 aromatic heterocycles. The Morgan fingerprint density at radius 2 is 2.12 bits per heavy atom. The lowest BCUT2D eigenvalue weighted by molar-refractivity contribution is -0.00725. The Hall–Kier alpha value is -1.53. The molecule has 5 nitrogen and oxygen atoms in total. The maximum absolute atomic E-state index is 6.21. The number of methoxy groups -OCH3 is 1. The van der Waals surface area contributed by atoms with Crippen molar-refractivity contribution in [1.82, 2.24) is 10.2 Å². The first-order valence-corrected chi connectivity index (χ1v) is 9.61. The van der Waals surface area contributed by atoms with Crippen LogP contribution in [0.3, 0.4) is 0 Å². The van der Waals surface area contributed by atoms with E-state index in [4.69, 9.17) is 26.4 Å². The summed E-state index contributed by atoms with van der Waals surface area (Å²) in [6.07, 6.45) is 5.03. The minimum Gasteiger partial charge on any atom is -0.493 e. The normalized spacial score (nSPS) is 21.2. The molecule has 0 spiro atoms. The van der Waals surface area contributed by atoms with E-state index in [2.05, 4.69) is 29.3 Å². The van der Waals surface area contributed by atoms with Crippen molar-refractivity contribution in [3.8, 4) is 11.5 Å². The average molecular weight is 365 g/mol. The highest BCUT2D eigenvalue weighted by Gasteiger charge is 2.25. The van der Waals surface area contributed by atoms with Crippen molar-refractivity contribution in [1.29, 1.82) is 0 Å². The summed E-state index contributed by atoms with van der Waals surface area (Å²) in [6.45, 7) is 5.13. The van der Waals surface area contributed by atoms with E-state index >= 15 is 0 Å². The first kappa shape index (κ1) is 18.3. The van der Waals surface area contributed by atoms with E-state index in [1.807, 2.05) is 6.07 Å². The number of benzene rings is 1. The van der Waals surface area contributed by atoms with Gasteiger partial charge in [-0.3, -0.25) is 0 Å². The van der Waals surface area contributed by atoms with Gasteiger partial charge in [-0.2, -0.15) is 0 Å². The van der Waals surface area contributed by atoms with E-state index in [-0.39, 0.29) is 6.10 Å². The molecule has 1 aromatic rings. The molecular formula is C19H28N2O3S. The summed E-state index contributed by atoms with van der Waals surface area (Å²) < 4.78 is 17.7.